The lowest BCUT2D eigenvalue weighted by atomic mass is 10.2. The first kappa shape index (κ1) is 18.1. The van der Waals surface area contributed by atoms with Crippen LogP contribution in [0.5, 0.6) is 11.5 Å². The Morgan fingerprint density at radius 1 is 1.21 bits per heavy atom. The summed E-state index contributed by atoms with van der Waals surface area (Å²) in [4.78, 5) is 18.0. The maximum absolute atomic E-state index is 13.0. The molecule has 1 atom stereocenters. The maximum Gasteiger partial charge on any atom is 0.451 e. The fraction of sp³-hybridized carbons (Fsp3) is 0.357. The van der Waals surface area contributed by atoms with E-state index in [0.29, 0.717) is 11.8 Å². The highest BCUT2D eigenvalue weighted by atomic mass is 32.2. The second-order valence-corrected chi connectivity index (χ2v) is 6.00. The molecule has 0 fully saturated rings. The number of halogens is 3. The zero-order valence-electron chi connectivity index (χ0n) is 12.8. The molecule has 0 radical (unpaired) electrons. The monoisotopic (exact) mass is 362 g/mol. The number of nitrogens with zero attached hydrogens (tertiary/aromatic N) is 2. The van der Waals surface area contributed by atoms with Gasteiger partial charge in [-0.05, 0) is 13.0 Å². The minimum absolute atomic E-state index is 0.0185. The summed E-state index contributed by atoms with van der Waals surface area (Å²) in [5, 5.41) is 8.16. The third-order valence-electron chi connectivity index (χ3n) is 3.06. The fourth-order valence-corrected chi connectivity index (χ4v) is 2.73. The van der Waals surface area contributed by atoms with Gasteiger partial charge in [-0.25, -0.2) is 9.97 Å². The second kappa shape index (κ2) is 6.71. The first-order valence-corrected chi connectivity index (χ1v) is 7.45. The van der Waals surface area contributed by atoms with Crippen LogP contribution in [0.25, 0.3) is 10.9 Å². The quantitative estimate of drug-likeness (QED) is 0.646. The number of aliphatic carboxylic acids is 1. The van der Waals surface area contributed by atoms with E-state index >= 15 is 0 Å². The molecule has 0 aliphatic rings. The highest BCUT2D eigenvalue weighted by Crippen LogP contribution is 2.38. The van der Waals surface area contributed by atoms with Gasteiger partial charge < -0.3 is 14.6 Å². The molecule has 2 aromatic rings. The SMILES string of the molecule is COc1cc2nc(C(F)(F)F)nc(SC(C)C(=O)O)c2cc1OC. The standard InChI is InChI=1S/C14H13F3N2O4S/c1-6(12(20)21)24-11-7-4-9(22-2)10(23-3)5-8(7)18-13(19-11)14(15,16)17/h4-6H,1-3H3,(H,20,21). The first-order valence-electron chi connectivity index (χ1n) is 6.57. The van der Waals surface area contributed by atoms with Crippen LogP contribution in [0.2, 0.25) is 0 Å². The predicted molar refractivity (Wildman–Crippen MR) is 80.6 cm³/mol. The number of ether oxygens (including phenoxy) is 2. The van der Waals surface area contributed by atoms with Crippen molar-refractivity contribution in [1.29, 1.82) is 0 Å². The number of carboxylic acid groups (broad SMARTS) is 1. The van der Waals surface area contributed by atoms with Crippen molar-refractivity contribution in [3.05, 3.63) is 18.0 Å². The number of aromatic nitrogens is 2. The second-order valence-electron chi connectivity index (χ2n) is 4.67. The van der Waals surface area contributed by atoms with Gasteiger partial charge in [0, 0.05) is 11.5 Å². The van der Waals surface area contributed by atoms with Crippen LogP contribution in [0.4, 0.5) is 13.2 Å². The zero-order chi connectivity index (χ0) is 18.1. The van der Waals surface area contributed by atoms with E-state index in [2.05, 4.69) is 9.97 Å². The van der Waals surface area contributed by atoms with Gasteiger partial charge in [0.25, 0.3) is 0 Å². The molecule has 1 unspecified atom stereocenters. The van der Waals surface area contributed by atoms with Crippen molar-refractivity contribution >= 4 is 28.6 Å². The molecular formula is C14H13F3N2O4S. The number of hydrogen-bond acceptors (Lipinski definition) is 6. The Labute approximate surface area is 139 Å². The number of thioether (sulfide) groups is 1. The van der Waals surface area contributed by atoms with Crippen molar-refractivity contribution in [2.24, 2.45) is 0 Å². The number of methoxy groups -OCH3 is 2. The lowest BCUT2D eigenvalue weighted by Gasteiger charge is -2.14. The number of carboxylic acids is 1. The summed E-state index contributed by atoms with van der Waals surface area (Å²) in [5.74, 6) is -2.03. The highest BCUT2D eigenvalue weighted by Gasteiger charge is 2.36. The third kappa shape index (κ3) is 3.64. The Kier molecular flexibility index (Phi) is 5.07. The Morgan fingerprint density at radius 2 is 1.79 bits per heavy atom. The lowest BCUT2D eigenvalue weighted by Crippen LogP contribution is -2.15. The topological polar surface area (TPSA) is 81.5 Å². The lowest BCUT2D eigenvalue weighted by molar-refractivity contribution is -0.145. The Bertz CT molecular complexity index is 783. The van der Waals surface area contributed by atoms with E-state index in [9.17, 15) is 18.0 Å². The minimum atomic E-state index is -4.76. The van der Waals surface area contributed by atoms with E-state index < -0.39 is 23.2 Å². The first-order chi connectivity index (χ1) is 11.2. The van der Waals surface area contributed by atoms with E-state index in [1.165, 1.54) is 33.3 Å². The number of rotatable bonds is 5. The van der Waals surface area contributed by atoms with E-state index in [0.717, 1.165) is 0 Å². The van der Waals surface area contributed by atoms with E-state index in [1.807, 2.05) is 0 Å². The number of hydrogen-bond donors (Lipinski definition) is 1. The molecule has 0 aliphatic heterocycles. The molecule has 0 saturated heterocycles. The molecule has 10 heteroatoms. The van der Waals surface area contributed by atoms with E-state index in [1.54, 1.807) is 0 Å². The van der Waals surface area contributed by atoms with Crippen molar-refractivity contribution in [2.75, 3.05) is 14.2 Å². The molecule has 1 heterocycles. The summed E-state index contributed by atoms with van der Waals surface area (Å²) in [7, 11) is 2.72. The summed E-state index contributed by atoms with van der Waals surface area (Å²) in [6.07, 6.45) is -4.76. The summed E-state index contributed by atoms with van der Waals surface area (Å²) < 4.78 is 49.2. The zero-order valence-corrected chi connectivity index (χ0v) is 13.7. The Morgan fingerprint density at radius 3 is 2.29 bits per heavy atom. The molecule has 0 bridgehead atoms. The molecule has 0 spiro atoms. The van der Waals surface area contributed by atoms with Crippen molar-refractivity contribution in [1.82, 2.24) is 9.97 Å². The average molecular weight is 362 g/mol. The molecule has 130 valence electrons. The minimum Gasteiger partial charge on any atom is -0.493 e. The predicted octanol–water partition coefficient (Wildman–Crippen LogP) is 3.23. The smallest absolute Gasteiger partial charge is 0.451 e. The van der Waals surface area contributed by atoms with Crippen LogP contribution in [0.1, 0.15) is 12.7 Å². The molecule has 0 amide bonds. The van der Waals surface area contributed by atoms with Crippen LogP contribution in [0.3, 0.4) is 0 Å². The number of carbonyl (C=O) groups is 1. The summed E-state index contributed by atoms with van der Waals surface area (Å²) in [6, 6.07) is 2.71. The van der Waals surface area contributed by atoms with Crippen molar-refractivity contribution in [2.45, 2.75) is 23.4 Å². The molecule has 1 aromatic heterocycles. The van der Waals surface area contributed by atoms with Crippen molar-refractivity contribution < 1.29 is 32.5 Å². The van der Waals surface area contributed by atoms with Crippen LogP contribution in [0, 0.1) is 0 Å². The van der Waals surface area contributed by atoms with Crippen molar-refractivity contribution in [3.8, 4) is 11.5 Å². The van der Waals surface area contributed by atoms with E-state index in [-0.39, 0.29) is 27.4 Å². The molecule has 0 aliphatic carbocycles. The van der Waals surface area contributed by atoms with Gasteiger partial charge in [0.05, 0.1) is 19.7 Å². The largest absolute Gasteiger partial charge is 0.493 e. The van der Waals surface area contributed by atoms with Gasteiger partial charge in [0.1, 0.15) is 10.3 Å². The van der Waals surface area contributed by atoms with Gasteiger partial charge in [-0.15, -0.1) is 0 Å². The van der Waals surface area contributed by atoms with Gasteiger partial charge >= 0.3 is 12.1 Å². The number of benzene rings is 1. The third-order valence-corrected chi connectivity index (χ3v) is 4.15. The van der Waals surface area contributed by atoms with E-state index in [4.69, 9.17) is 14.6 Å². The normalized spacial score (nSPS) is 12.9. The molecule has 1 aromatic carbocycles. The highest BCUT2D eigenvalue weighted by molar-refractivity contribution is 8.00. The number of alkyl halides is 3. The molecule has 1 N–H and O–H groups in total. The average Bonchev–Trinajstić information content (AvgIpc) is 2.52. The van der Waals surface area contributed by atoms with Gasteiger partial charge in [0.15, 0.2) is 11.5 Å². The molecule has 6 nitrogen and oxygen atoms in total. The van der Waals surface area contributed by atoms with Crippen LogP contribution in [-0.2, 0) is 11.0 Å². The van der Waals surface area contributed by atoms with Gasteiger partial charge in [-0.2, -0.15) is 13.2 Å². The summed E-state index contributed by atoms with van der Waals surface area (Å²) in [6.45, 7) is 1.36. The molecule has 24 heavy (non-hydrogen) atoms. The van der Waals surface area contributed by atoms with Crippen molar-refractivity contribution in [3.63, 3.8) is 0 Å². The molecule has 2 rings (SSSR count). The fourth-order valence-electron chi connectivity index (χ4n) is 1.86. The van der Waals surface area contributed by atoms with Crippen LogP contribution >= 0.6 is 11.8 Å². The number of fused-ring (bicyclic) bond motifs is 1. The van der Waals surface area contributed by atoms with Crippen LogP contribution in [-0.4, -0.2) is 40.5 Å². The van der Waals surface area contributed by atoms with Crippen LogP contribution < -0.4 is 9.47 Å². The Hall–Kier alpha value is -2.23. The Balaban J connectivity index is 2.72. The summed E-state index contributed by atoms with van der Waals surface area (Å²) in [5.41, 5.74) is -0.0185. The van der Waals surface area contributed by atoms with Gasteiger partial charge in [0.2, 0.25) is 5.82 Å². The van der Waals surface area contributed by atoms with Gasteiger partial charge in [-0.3, -0.25) is 4.79 Å². The molecule has 0 saturated carbocycles. The van der Waals surface area contributed by atoms with Gasteiger partial charge in [-0.1, -0.05) is 11.8 Å². The summed E-state index contributed by atoms with van der Waals surface area (Å²) >= 11 is 0.697. The maximum atomic E-state index is 13.0. The molecular weight excluding hydrogens is 349 g/mol. The van der Waals surface area contributed by atoms with Crippen LogP contribution in [0.15, 0.2) is 17.2 Å².